The maximum Gasteiger partial charge on any atom is 0.222 e. The van der Waals surface area contributed by atoms with E-state index >= 15 is 0 Å². The van der Waals surface area contributed by atoms with Gasteiger partial charge in [0.25, 0.3) is 0 Å². The first-order valence-corrected chi connectivity index (χ1v) is 8.24. The fourth-order valence-electron chi connectivity index (χ4n) is 3.15. The van der Waals surface area contributed by atoms with E-state index in [0.29, 0.717) is 25.0 Å². The van der Waals surface area contributed by atoms with Crippen LogP contribution in [0.15, 0.2) is 0 Å². The normalized spacial score (nSPS) is 26.7. The first-order valence-electron chi connectivity index (χ1n) is 8.24. The lowest BCUT2D eigenvalue weighted by molar-refractivity contribution is -0.130. The Hall–Kier alpha value is -0.610. The molecule has 0 heterocycles. The number of nitrogens with zero attached hydrogens (tertiary/aromatic N) is 1. The molecule has 0 atom stereocenters. The maximum absolute atomic E-state index is 11.5. The molecule has 0 aromatic heterocycles. The third-order valence-electron chi connectivity index (χ3n) is 4.94. The summed E-state index contributed by atoms with van der Waals surface area (Å²) in [5.41, 5.74) is 6.21. The molecule has 2 N–H and O–H groups in total. The second-order valence-corrected chi connectivity index (χ2v) is 7.77. The average Bonchev–Trinajstić information content (AvgIpc) is 2.42. The Morgan fingerprint density at radius 1 is 1.29 bits per heavy atom. The zero-order valence-corrected chi connectivity index (χ0v) is 14.6. The topological polar surface area (TPSA) is 55.6 Å². The highest BCUT2D eigenvalue weighted by Gasteiger charge is 2.38. The molecule has 0 bridgehead atoms. The van der Waals surface area contributed by atoms with E-state index < -0.39 is 0 Å². The quantitative estimate of drug-likeness (QED) is 0.767. The van der Waals surface area contributed by atoms with Gasteiger partial charge in [-0.2, -0.15) is 0 Å². The Kier molecular flexibility index (Phi) is 6.67. The third kappa shape index (κ3) is 5.59. The monoisotopic (exact) mass is 298 g/mol. The SMILES string of the molecule is CN(C)C(=O)CCCOC1(CN)CCC(C(C)(C)C)CC1. The highest BCUT2D eigenvalue weighted by Crippen LogP contribution is 2.42. The van der Waals surface area contributed by atoms with Crippen molar-refractivity contribution < 1.29 is 9.53 Å². The summed E-state index contributed by atoms with van der Waals surface area (Å²) in [6, 6.07) is 0. The van der Waals surface area contributed by atoms with E-state index in [9.17, 15) is 4.79 Å². The highest BCUT2D eigenvalue weighted by atomic mass is 16.5. The Bertz CT molecular complexity index is 326. The fourth-order valence-corrected chi connectivity index (χ4v) is 3.15. The summed E-state index contributed by atoms with van der Waals surface area (Å²) in [5.74, 6) is 0.924. The number of nitrogens with two attached hydrogens (primary N) is 1. The molecule has 1 amide bonds. The zero-order valence-electron chi connectivity index (χ0n) is 14.6. The largest absolute Gasteiger partial charge is 0.374 e. The molecular weight excluding hydrogens is 264 g/mol. The van der Waals surface area contributed by atoms with Crippen molar-refractivity contribution in [1.82, 2.24) is 4.90 Å². The van der Waals surface area contributed by atoms with Gasteiger partial charge in [0.15, 0.2) is 0 Å². The van der Waals surface area contributed by atoms with E-state index in [1.54, 1.807) is 19.0 Å². The lowest BCUT2D eigenvalue weighted by Gasteiger charge is -2.43. The van der Waals surface area contributed by atoms with Crippen LogP contribution in [0.2, 0.25) is 0 Å². The molecule has 1 fully saturated rings. The van der Waals surface area contributed by atoms with Gasteiger partial charge in [-0.1, -0.05) is 20.8 Å². The minimum absolute atomic E-state index is 0.150. The Labute approximate surface area is 130 Å². The summed E-state index contributed by atoms with van der Waals surface area (Å²) in [4.78, 5) is 13.2. The highest BCUT2D eigenvalue weighted by molar-refractivity contribution is 5.75. The van der Waals surface area contributed by atoms with E-state index in [1.165, 1.54) is 12.8 Å². The summed E-state index contributed by atoms with van der Waals surface area (Å²) in [7, 11) is 3.58. The van der Waals surface area contributed by atoms with Gasteiger partial charge in [0, 0.05) is 33.7 Å². The minimum Gasteiger partial charge on any atom is -0.374 e. The average molecular weight is 298 g/mol. The Morgan fingerprint density at radius 2 is 1.86 bits per heavy atom. The molecule has 1 rings (SSSR count). The molecule has 1 aliphatic rings. The summed E-state index contributed by atoms with van der Waals surface area (Å²) < 4.78 is 6.12. The number of rotatable bonds is 6. The van der Waals surface area contributed by atoms with Crippen molar-refractivity contribution in [2.75, 3.05) is 27.2 Å². The molecule has 0 unspecified atom stereocenters. The number of carbonyl (C=O) groups excluding carboxylic acids is 1. The molecular formula is C17H34N2O2. The first-order chi connectivity index (χ1) is 9.70. The van der Waals surface area contributed by atoms with E-state index in [2.05, 4.69) is 20.8 Å². The molecule has 21 heavy (non-hydrogen) atoms. The molecule has 4 nitrogen and oxygen atoms in total. The van der Waals surface area contributed by atoms with Crippen LogP contribution in [-0.4, -0.2) is 43.7 Å². The third-order valence-corrected chi connectivity index (χ3v) is 4.94. The number of ether oxygens (including phenoxy) is 1. The van der Waals surface area contributed by atoms with E-state index in [1.807, 2.05) is 0 Å². The standard InChI is InChI=1S/C17H34N2O2/c1-16(2,3)14-8-10-17(13-18,11-9-14)21-12-6-7-15(20)19(4)5/h14H,6-13,18H2,1-5H3. The van der Waals surface area contributed by atoms with Crippen LogP contribution in [-0.2, 0) is 9.53 Å². The molecule has 0 aliphatic heterocycles. The number of hydrogen-bond donors (Lipinski definition) is 1. The van der Waals surface area contributed by atoms with Crippen molar-refractivity contribution in [3.63, 3.8) is 0 Å². The van der Waals surface area contributed by atoms with Gasteiger partial charge in [-0.25, -0.2) is 0 Å². The summed E-state index contributed by atoms with van der Waals surface area (Å²) >= 11 is 0. The van der Waals surface area contributed by atoms with Crippen molar-refractivity contribution in [2.45, 2.75) is 64.9 Å². The lowest BCUT2D eigenvalue weighted by atomic mass is 9.68. The van der Waals surface area contributed by atoms with Gasteiger partial charge in [0.1, 0.15) is 0 Å². The second-order valence-electron chi connectivity index (χ2n) is 7.77. The minimum atomic E-state index is -0.150. The molecule has 0 radical (unpaired) electrons. The molecule has 0 spiro atoms. The van der Waals surface area contributed by atoms with Crippen molar-refractivity contribution >= 4 is 5.91 Å². The molecule has 4 heteroatoms. The summed E-state index contributed by atoms with van der Waals surface area (Å²) in [5, 5.41) is 0. The Balaban J connectivity index is 2.37. The van der Waals surface area contributed by atoms with Gasteiger partial charge in [-0.3, -0.25) is 4.79 Å². The smallest absolute Gasteiger partial charge is 0.222 e. The van der Waals surface area contributed by atoms with Gasteiger partial charge in [0.05, 0.1) is 5.60 Å². The lowest BCUT2D eigenvalue weighted by Crippen LogP contribution is -2.45. The van der Waals surface area contributed by atoms with Gasteiger partial charge < -0.3 is 15.4 Å². The van der Waals surface area contributed by atoms with Crippen molar-refractivity contribution in [1.29, 1.82) is 0 Å². The van der Waals surface area contributed by atoms with Crippen LogP contribution in [0.4, 0.5) is 0 Å². The molecule has 1 aliphatic carbocycles. The van der Waals surface area contributed by atoms with Crippen LogP contribution >= 0.6 is 0 Å². The van der Waals surface area contributed by atoms with Crippen LogP contribution in [0.3, 0.4) is 0 Å². The first kappa shape index (κ1) is 18.4. The van der Waals surface area contributed by atoms with Crippen LogP contribution in [0.1, 0.15) is 59.3 Å². The van der Waals surface area contributed by atoms with Crippen LogP contribution in [0, 0.1) is 11.3 Å². The predicted molar refractivity (Wildman–Crippen MR) is 87.1 cm³/mol. The number of carbonyl (C=O) groups is 1. The van der Waals surface area contributed by atoms with Crippen molar-refractivity contribution in [3.05, 3.63) is 0 Å². The molecule has 0 saturated heterocycles. The Morgan fingerprint density at radius 3 is 2.29 bits per heavy atom. The second kappa shape index (κ2) is 7.59. The summed E-state index contributed by atoms with van der Waals surface area (Å²) in [6.07, 6.45) is 5.81. The number of hydrogen-bond acceptors (Lipinski definition) is 3. The van der Waals surface area contributed by atoms with Crippen LogP contribution < -0.4 is 5.73 Å². The van der Waals surface area contributed by atoms with Crippen LogP contribution in [0.5, 0.6) is 0 Å². The molecule has 0 aromatic carbocycles. The summed E-state index contributed by atoms with van der Waals surface area (Å²) in [6.45, 7) is 8.19. The zero-order chi connectivity index (χ0) is 16.1. The van der Waals surface area contributed by atoms with Gasteiger partial charge in [-0.15, -0.1) is 0 Å². The van der Waals surface area contributed by atoms with Gasteiger partial charge in [0.2, 0.25) is 5.91 Å². The van der Waals surface area contributed by atoms with Crippen molar-refractivity contribution in [2.24, 2.45) is 17.1 Å². The fraction of sp³-hybridized carbons (Fsp3) is 0.941. The van der Waals surface area contributed by atoms with E-state index in [0.717, 1.165) is 25.2 Å². The molecule has 0 aromatic rings. The van der Waals surface area contributed by atoms with Gasteiger partial charge >= 0.3 is 0 Å². The maximum atomic E-state index is 11.5. The molecule has 1 saturated carbocycles. The predicted octanol–water partition coefficient (Wildman–Crippen LogP) is 2.81. The van der Waals surface area contributed by atoms with Gasteiger partial charge in [-0.05, 0) is 43.4 Å². The van der Waals surface area contributed by atoms with E-state index in [-0.39, 0.29) is 11.5 Å². The van der Waals surface area contributed by atoms with Crippen molar-refractivity contribution in [3.8, 4) is 0 Å². The van der Waals surface area contributed by atoms with Crippen LogP contribution in [0.25, 0.3) is 0 Å². The molecule has 124 valence electrons. The van der Waals surface area contributed by atoms with E-state index in [4.69, 9.17) is 10.5 Å². The number of amides is 1.